The number of amides is 3. The number of methoxy groups -OCH3 is 2. The topological polar surface area (TPSA) is 109 Å². The third-order valence-electron chi connectivity index (χ3n) is 5.76. The molecule has 0 atom stereocenters. The lowest BCUT2D eigenvalue weighted by molar-refractivity contribution is -0.124. The van der Waals surface area contributed by atoms with E-state index < -0.39 is 5.91 Å². The van der Waals surface area contributed by atoms with E-state index in [4.69, 9.17) is 9.47 Å². The maximum atomic E-state index is 12.3. The minimum Gasteiger partial charge on any atom is -0.493 e. The van der Waals surface area contributed by atoms with Gasteiger partial charge in [0, 0.05) is 31.1 Å². The third-order valence-corrected chi connectivity index (χ3v) is 5.76. The van der Waals surface area contributed by atoms with Crippen LogP contribution in [0.5, 0.6) is 11.5 Å². The zero-order valence-electron chi connectivity index (χ0n) is 19.6. The van der Waals surface area contributed by atoms with E-state index in [1.165, 1.54) is 14.2 Å². The number of ether oxygens (including phenoxy) is 2. The molecular formula is C25H32N4O5. The highest BCUT2D eigenvalue weighted by molar-refractivity contribution is 5.96. The molecular weight excluding hydrogens is 436 g/mol. The van der Waals surface area contributed by atoms with E-state index in [9.17, 15) is 14.4 Å². The van der Waals surface area contributed by atoms with Gasteiger partial charge in [-0.3, -0.25) is 30.1 Å². The van der Waals surface area contributed by atoms with Crippen LogP contribution in [0.3, 0.4) is 0 Å². The Morgan fingerprint density at radius 3 is 2.29 bits per heavy atom. The van der Waals surface area contributed by atoms with Gasteiger partial charge in [-0.1, -0.05) is 30.3 Å². The zero-order chi connectivity index (χ0) is 24.3. The van der Waals surface area contributed by atoms with Crippen LogP contribution in [0, 0.1) is 0 Å². The van der Waals surface area contributed by atoms with Crippen molar-refractivity contribution in [2.75, 3.05) is 33.9 Å². The van der Waals surface area contributed by atoms with Crippen molar-refractivity contribution in [3.63, 3.8) is 0 Å². The maximum absolute atomic E-state index is 12.3. The Morgan fingerprint density at radius 1 is 0.912 bits per heavy atom. The summed E-state index contributed by atoms with van der Waals surface area (Å²) in [5, 5.41) is 3.10. The largest absolute Gasteiger partial charge is 0.493 e. The average molecular weight is 469 g/mol. The monoisotopic (exact) mass is 468 g/mol. The van der Waals surface area contributed by atoms with Crippen LogP contribution in [0.1, 0.15) is 35.2 Å². The molecule has 2 aromatic carbocycles. The highest BCUT2D eigenvalue weighted by Crippen LogP contribution is 2.27. The Morgan fingerprint density at radius 2 is 1.62 bits per heavy atom. The van der Waals surface area contributed by atoms with E-state index in [0.717, 1.165) is 24.8 Å². The second kappa shape index (κ2) is 12.6. The smallest absolute Gasteiger partial charge is 0.269 e. The second-order valence-electron chi connectivity index (χ2n) is 8.18. The van der Waals surface area contributed by atoms with Gasteiger partial charge in [0.2, 0.25) is 5.91 Å². The number of hydrogen-bond acceptors (Lipinski definition) is 6. The first-order valence-corrected chi connectivity index (χ1v) is 11.4. The van der Waals surface area contributed by atoms with E-state index in [1.807, 2.05) is 35.2 Å². The Balaban J connectivity index is 1.34. The summed E-state index contributed by atoms with van der Waals surface area (Å²) in [6, 6.07) is 14.8. The molecule has 9 heteroatoms. The molecule has 1 aliphatic rings. The first-order valence-electron chi connectivity index (χ1n) is 11.4. The van der Waals surface area contributed by atoms with Crippen LogP contribution in [0.4, 0.5) is 0 Å². The van der Waals surface area contributed by atoms with E-state index >= 15 is 0 Å². The third kappa shape index (κ3) is 7.48. The molecule has 1 heterocycles. The van der Waals surface area contributed by atoms with Crippen molar-refractivity contribution in [3.8, 4) is 11.5 Å². The molecule has 0 unspecified atom stereocenters. The first-order chi connectivity index (χ1) is 16.5. The van der Waals surface area contributed by atoms with Crippen molar-refractivity contribution in [2.45, 2.75) is 31.7 Å². The Kier molecular flexibility index (Phi) is 9.28. The summed E-state index contributed by atoms with van der Waals surface area (Å²) in [6.07, 6.45) is 2.75. The fourth-order valence-electron chi connectivity index (χ4n) is 3.86. The van der Waals surface area contributed by atoms with E-state index in [-0.39, 0.29) is 24.4 Å². The molecule has 1 aliphatic heterocycles. The summed E-state index contributed by atoms with van der Waals surface area (Å²) in [5.74, 6) is 0.235. The van der Waals surface area contributed by atoms with Crippen LogP contribution in [0.15, 0.2) is 48.5 Å². The maximum Gasteiger partial charge on any atom is 0.269 e. The molecule has 182 valence electrons. The van der Waals surface area contributed by atoms with Crippen LogP contribution < -0.4 is 25.6 Å². The molecule has 3 amide bonds. The Bertz CT molecular complexity index is 975. The minimum atomic E-state index is -0.453. The number of carbonyl (C=O) groups excluding carboxylic acids is 3. The van der Waals surface area contributed by atoms with Gasteiger partial charge in [0.15, 0.2) is 11.5 Å². The molecule has 9 nitrogen and oxygen atoms in total. The van der Waals surface area contributed by atoms with Crippen LogP contribution in [-0.2, 0) is 16.0 Å². The van der Waals surface area contributed by atoms with Gasteiger partial charge in [-0.15, -0.1) is 0 Å². The minimum absolute atomic E-state index is 0.0536. The number of rotatable bonds is 9. The molecule has 0 radical (unpaired) electrons. The van der Waals surface area contributed by atoms with Gasteiger partial charge >= 0.3 is 0 Å². The van der Waals surface area contributed by atoms with E-state index in [2.05, 4.69) is 16.2 Å². The van der Waals surface area contributed by atoms with Gasteiger partial charge in [-0.25, -0.2) is 0 Å². The van der Waals surface area contributed by atoms with Crippen LogP contribution in [-0.4, -0.2) is 62.5 Å². The van der Waals surface area contributed by atoms with Crippen molar-refractivity contribution in [2.24, 2.45) is 0 Å². The molecule has 3 rings (SSSR count). The molecule has 0 aromatic heterocycles. The highest BCUT2D eigenvalue weighted by atomic mass is 16.5. The van der Waals surface area contributed by atoms with Gasteiger partial charge in [-0.05, 0) is 43.0 Å². The van der Waals surface area contributed by atoms with Crippen molar-refractivity contribution >= 4 is 17.7 Å². The number of nitrogens with zero attached hydrogens (tertiary/aromatic N) is 1. The fourth-order valence-corrected chi connectivity index (χ4v) is 3.86. The molecule has 3 N–H and O–H groups in total. The van der Waals surface area contributed by atoms with E-state index in [0.29, 0.717) is 36.6 Å². The first kappa shape index (κ1) is 25.0. The molecule has 0 aliphatic carbocycles. The number of benzene rings is 2. The van der Waals surface area contributed by atoms with Gasteiger partial charge < -0.3 is 14.8 Å². The number of hydrogen-bond donors (Lipinski definition) is 3. The molecule has 1 fully saturated rings. The van der Waals surface area contributed by atoms with Crippen molar-refractivity contribution < 1.29 is 23.9 Å². The Hall–Kier alpha value is -3.59. The Labute approximate surface area is 199 Å². The van der Waals surface area contributed by atoms with Crippen LogP contribution in [0.25, 0.3) is 0 Å². The normalized spacial score (nSPS) is 14.2. The summed E-state index contributed by atoms with van der Waals surface area (Å²) in [4.78, 5) is 38.8. The van der Waals surface area contributed by atoms with Crippen molar-refractivity contribution in [1.29, 1.82) is 0 Å². The lowest BCUT2D eigenvalue weighted by atomic mass is 10.0. The van der Waals surface area contributed by atoms with Gasteiger partial charge in [0.05, 0.1) is 20.8 Å². The number of aryl methyl sites for hydroxylation is 1. The summed E-state index contributed by atoms with van der Waals surface area (Å²) >= 11 is 0. The predicted molar refractivity (Wildman–Crippen MR) is 128 cm³/mol. The number of likely N-dealkylation sites (tertiary alicyclic amines) is 1. The van der Waals surface area contributed by atoms with Gasteiger partial charge in [-0.2, -0.15) is 0 Å². The summed E-state index contributed by atoms with van der Waals surface area (Å²) in [6.45, 7) is 1.56. The quantitative estimate of drug-likeness (QED) is 0.483. The second-order valence-corrected chi connectivity index (χ2v) is 8.18. The zero-order valence-corrected chi connectivity index (χ0v) is 19.6. The summed E-state index contributed by atoms with van der Waals surface area (Å²) < 4.78 is 10.4. The fraction of sp³-hybridized carbons (Fsp3) is 0.400. The molecule has 34 heavy (non-hydrogen) atoms. The number of piperidine rings is 1. The molecule has 1 saturated heterocycles. The molecule has 0 spiro atoms. The highest BCUT2D eigenvalue weighted by Gasteiger charge is 2.22. The lowest BCUT2D eigenvalue weighted by Crippen LogP contribution is -2.50. The van der Waals surface area contributed by atoms with Crippen molar-refractivity contribution in [3.05, 3.63) is 59.7 Å². The van der Waals surface area contributed by atoms with Crippen LogP contribution in [0.2, 0.25) is 0 Å². The lowest BCUT2D eigenvalue weighted by Gasteiger charge is -2.31. The molecule has 0 saturated carbocycles. The predicted octanol–water partition coefficient (Wildman–Crippen LogP) is 1.68. The average Bonchev–Trinajstić information content (AvgIpc) is 2.87. The number of nitrogens with one attached hydrogen (secondary N) is 3. The SMILES string of the molecule is COc1ccc(C(=O)NNC(=O)CN2CCC(NC(=O)CCc3ccccc3)CC2)cc1OC. The molecule has 0 bridgehead atoms. The van der Waals surface area contributed by atoms with E-state index in [1.54, 1.807) is 18.2 Å². The van der Waals surface area contributed by atoms with Gasteiger partial charge in [0.25, 0.3) is 11.8 Å². The van der Waals surface area contributed by atoms with Gasteiger partial charge in [0.1, 0.15) is 0 Å². The molecule has 2 aromatic rings. The van der Waals surface area contributed by atoms with Crippen molar-refractivity contribution in [1.82, 2.24) is 21.1 Å². The summed E-state index contributed by atoms with van der Waals surface area (Å²) in [5.41, 5.74) is 6.35. The number of carbonyl (C=O) groups is 3. The van der Waals surface area contributed by atoms with Crippen LogP contribution >= 0.6 is 0 Å². The number of hydrazine groups is 1. The summed E-state index contributed by atoms with van der Waals surface area (Å²) in [7, 11) is 3.00. The standard InChI is InChI=1S/C25H32N4O5/c1-33-21-10-9-19(16-22(21)34-2)25(32)28-27-24(31)17-29-14-12-20(13-15-29)26-23(30)11-8-18-6-4-3-5-7-18/h3-7,9-10,16,20H,8,11-15,17H2,1-2H3,(H,26,30)(H,27,31)(H,28,32).